The maximum Gasteiger partial charge on any atom is 0.299 e. The average molecular weight is 391 g/mol. The summed E-state index contributed by atoms with van der Waals surface area (Å²) >= 11 is 5.90. The van der Waals surface area contributed by atoms with Gasteiger partial charge in [-0.2, -0.15) is 4.52 Å². The first-order valence-corrected chi connectivity index (χ1v) is 8.35. The summed E-state index contributed by atoms with van der Waals surface area (Å²) in [5, 5.41) is 14.8. The minimum Gasteiger partial charge on any atom is -0.438 e. The van der Waals surface area contributed by atoms with E-state index in [1.54, 1.807) is 24.3 Å². The number of rotatable bonds is 5. The molecule has 4 rings (SSSR count). The van der Waals surface area contributed by atoms with E-state index >= 15 is 0 Å². The maximum atomic E-state index is 12.9. The Balaban J connectivity index is 1.54. The molecule has 0 saturated carbocycles. The number of aryl methyl sites for hydroxylation is 1. The maximum absolute atomic E-state index is 12.9. The summed E-state index contributed by atoms with van der Waals surface area (Å²) in [4.78, 5) is 4.38. The molecule has 0 fully saturated rings. The van der Waals surface area contributed by atoms with Gasteiger partial charge in [-0.25, -0.2) is 13.8 Å². The van der Waals surface area contributed by atoms with Gasteiger partial charge in [-0.05, 0) is 43.3 Å². The van der Waals surface area contributed by atoms with E-state index in [2.05, 4.69) is 25.6 Å². The second-order valence-electron chi connectivity index (χ2n) is 5.73. The van der Waals surface area contributed by atoms with E-state index in [-0.39, 0.29) is 12.2 Å². The van der Waals surface area contributed by atoms with E-state index in [1.807, 2.05) is 19.1 Å². The van der Waals surface area contributed by atoms with Crippen LogP contribution in [-0.4, -0.2) is 24.8 Å². The van der Waals surface area contributed by atoms with Crippen molar-refractivity contribution in [2.24, 2.45) is 0 Å². The van der Waals surface area contributed by atoms with Gasteiger partial charge in [0.1, 0.15) is 5.82 Å². The van der Waals surface area contributed by atoms with Gasteiger partial charge in [0.2, 0.25) is 11.7 Å². The first kappa shape index (κ1) is 17.3. The Bertz CT molecular complexity index is 1090. The third-order valence-corrected chi connectivity index (χ3v) is 4.10. The van der Waals surface area contributed by atoms with Crippen LogP contribution in [0.2, 0.25) is 5.02 Å². The summed E-state index contributed by atoms with van der Waals surface area (Å²) in [5.41, 5.74) is 1.84. The Morgan fingerprint density at radius 1 is 1.15 bits per heavy atom. The lowest BCUT2D eigenvalue weighted by Crippen LogP contribution is -2.06. The van der Waals surface area contributed by atoms with Gasteiger partial charge < -0.3 is 9.73 Å². The molecule has 0 atom stereocenters. The van der Waals surface area contributed by atoms with E-state index < -0.39 is 12.2 Å². The molecule has 1 aromatic carbocycles. The molecule has 0 saturated heterocycles. The van der Waals surface area contributed by atoms with Gasteiger partial charge in [-0.1, -0.05) is 11.6 Å². The van der Waals surface area contributed by atoms with Crippen LogP contribution in [0.5, 0.6) is 0 Å². The minimum absolute atomic E-state index is 0.235. The third-order valence-electron chi connectivity index (χ3n) is 3.85. The van der Waals surface area contributed by atoms with Gasteiger partial charge in [-0.3, -0.25) is 0 Å². The highest BCUT2D eigenvalue weighted by Crippen LogP contribution is 2.26. The van der Waals surface area contributed by atoms with Crippen LogP contribution in [0.25, 0.3) is 17.0 Å². The van der Waals surface area contributed by atoms with E-state index in [0.29, 0.717) is 22.5 Å². The highest BCUT2D eigenvalue weighted by Gasteiger charge is 2.17. The molecule has 4 aromatic rings. The molecule has 0 amide bonds. The molecule has 3 heterocycles. The third kappa shape index (κ3) is 3.45. The van der Waals surface area contributed by atoms with Crippen LogP contribution in [0, 0.1) is 6.92 Å². The van der Waals surface area contributed by atoms with E-state index in [1.165, 1.54) is 0 Å². The van der Waals surface area contributed by atoms with Gasteiger partial charge in [0.25, 0.3) is 6.43 Å². The standard InChI is InChI=1S/C17H13ClF2N6O/c1-9-15(10-2-4-11(18)5-3-10)27-14(22-9)8-21-12-6-7-13-23-24-17(16(19)20)26(13)25-12/h2-7,16H,8H2,1H3,(H,21,25). The molecule has 0 aliphatic carbocycles. The van der Waals surface area contributed by atoms with Gasteiger partial charge in [-0.15, -0.1) is 15.3 Å². The van der Waals surface area contributed by atoms with Crippen LogP contribution in [-0.2, 0) is 6.54 Å². The molecule has 0 bridgehead atoms. The van der Waals surface area contributed by atoms with Crippen LogP contribution in [0.4, 0.5) is 14.6 Å². The van der Waals surface area contributed by atoms with Crippen LogP contribution in [0.1, 0.15) is 23.8 Å². The zero-order valence-corrected chi connectivity index (χ0v) is 14.8. The van der Waals surface area contributed by atoms with Crippen molar-refractivity contribution in [3.05, 3.63) is 58.8 Å². The molecule has 0 aliphatic heterocycles. The van der Waals surface area contributed by atoms with E-state index in [0.717, 1.165) is 15.8 Å². The Kier molecular flexibility index (Phi) is 4.44. The van der Waals surface area contributed by atoms with Crippen molar-refractivity contribution in [3.63, 3.8) is 0 Å². The molecule has 7 nitrogen and oxygen atoms in total. The minimum atomic E-state index is -2.76. The highest BCUT2D eigenvalue weighted by molar-refractivity contribution is 6.30. The lowest BCUT2D eigenvalue weighted by molar-refractivity contribution is 0.137. The fourth-order valence-corrected chi connectivity index (χ4v) is 2.72. The molecule has 10 heteroatoms. The summed E-state index contributed by atoms with van der Waals surface area (Å²) < 4.78 is 32.7. The fraction of sp³-hybridized carbons (Fsp3) is 0.176. The second-order valence-corrected chi connectivity index (χ2v) is 6.17. The zero-order valence-electron chi connectivity index (χ0n) is 14.0. The summed E-state index contributed by atoms with van der Waals surface area (Å²) in [6.45, 7) is 2.08. The first-order chi connectivity index (χ1) is 13.0. The van der Waals surface area contributed by atoms with Crippen LogP contribution in [0.3, 0.4) is 0 Å². The van der Waals surface area contributed by atoms with Crippen LogP contribution in [0.15, 0.2) is 40.8 Å². The predicted molar refractivity (Wildman–Crippen MR) is 94.8 cm³/mol. The SMILES string of the molecule is Cc1nc(CNc2ccc3nnc(C(F)F)n3n2)oc1-c1ccc(Cl)cc1. The van der Waals surface area contributed by atoms with E-state index in [9.17, 15) is 8.78 Å². The smallest absolute Gasteiger partial charge is 0.299 e. The molecule has 1 N–H and O–H groups in total. The molecule has 0 radical (unpaired) electrons. The van der Waals surface area contributed by atoms with Crippen molar-refractivity contribution in [2.75, 3.05) is 5.32 Å². The van der Waals surface area contributed by atoms with Crippen LogP contribution < -0.4 is 5.32 Å². The van der Waals surface area contributed by atoms with Crippen molar-refractivity contribution in [2.45, 2.75) is 19.9 Å². The molecular weight excluding hydrogens is 378 g/mol. The number of fused-ring (bicyclic) bond motifs is 1. The molecule has 138 valence electrons. The summed E-state index contributed by atoms with van der Waals surface area (Å²) in [5.74, 6) is 0.946. The number of aromatic nitrogens is 5. The van der Waals surface area contributed by atoms with E-state index in [4.69, 9.17) is 16.0 Å². The van der Waals surface area contributed by atoms with Crippen LogP contribution >= 0.6 is 11.6 Å². The highest BCUT2D eigenvalue weighted by atomic mass is 35.5. The monoisotopic (exact) mass is 390 g/mol. The van der Waals surface area contributed by atoms with Crippen molar-refractivity contribution >= 4 is 23.1 Å². The Hall–Kier alpha value is -3.07. The van der Waals surface area contributed by atoms with Gasteiger partial charge in [0.05, 0.1) is 12.2 Å². The van der Waals surface area contributed by atoms with Crippen molar-refractivity contribution in [1.82, 2.24) is 24.8 Å². The molecule has 0 aliphatic rings. The zero-order chi connectivity index (χ0) is 19.0. The normalized spacial score (nSPS) is 11.4. The fourth-order valence-electron chi connectivity index (χ4n) is 2.60. The quantitative estimate of drug-likeness (QED) is 0.547. The summed E-state index contributed by atoms with van der Waals surface area (Å²) in [6, 6.07) is 10.4. The van der Waals surface area contributed by atoms with Crippen molar-refractivity contribution in [1.29, 1.82) is 0 Å². The van der Waals surface area contributed by atoms with Crippen molar-refractivity contribution < 1.29 is 13.2 Å². The number of alkyl halides is 2. The summed E-state index contributed by atoms with van der Waals surface area (Å²) in [6.07, 6.45) is -2.76. The average Bonchev–Trinajstić information content (AvgIpc) is 3.24. The Morgan fingerprint density at radius 2 is 1.93 bits per heavy atom. The number of nitrogens with zero attached hydrogens (tertiary/aromatic N) is 5. The number of hydrogen-bond donors (Lipinski definition) is 1. The van der Waals surface area contributed by atoms with Crippen molar-refractivity contribution in [3.8, 4) is 11.3 Å². The Labute approximate surface area is 157 Å². The lowest BCUT2D eigenvalue weighted by Gasteiger charge is -2.04. The van der Waals surface area contributed by atoms with Gasteiger partial charge >= 0.3 is 0 Å². The topological polar surface area (TPSA) is 81.1 Å². The Morgan fingerprint density at radius 3 is 2.67 bits per heavy atom. The number of hydrogen-bond acceptors (Lipinski definition) is 6. The summed E-state index contributed by atoms with van der Waals surface area (Å²) in [7, 11) is 0. The second kappa shape index (κ2) is 6.92. The predicted octanol–water partition coefficient (Wildman–Crippen LogP) is 4.29. The first-order valence-electron chi connectivity index (χ1n) is 7.98. The number of halogens is 3. The molecule has 0 unspecified atom stereocenters. The molecule has 3 aromatic heterocycles. The number of oxazole rings is 1. The largest absolute Gasteiger partial charge is 0.438 e. The van der Waals surface area contributed by atoms with Gasteiger partial charge in [0.15, 0.2) is 11.4 Å². The number of anilines is 1. The molecular formula is C17H13ClF2N6O. The van der Waals surface area contributed by atoms with Gasteiger partial charge in [0, 0.05) is 10.6 Å². The molecule has 27 heavy (non-hydrogen) atoms. The molecule has 0 spiro atoms. The number of nitrogens with one attached hydrogen (secondary N) is 1. The lowest BCUT2D eigenvalue weighted by atomic mass is 10.1. The number of benzene rings is 1.